The van der Waals surface area contributed by atoms with Gasteiger partial charge < -0.3 is 20.1 Å². The van der Waals surface area contributed by atoms with Gasteiger partial charge in [0.15, 0.2) is 0 Å². The zero-order chi connectivity index (χ0) is 19.4. The molecule has 1 heterocycles. The molecule has 6 heteroatoms. The van der Waals surface area contributed by atoms with Gasteiger partial charge in [0.25, 0.3) is 5.91 Å². The van der Waals surface area contributed by atoms with Crippen LogP contribution in [0, 0.1) is 5.92 Å². The molecule has 27 heavy (non-hydrogen) atoms. The van der Waals surface area contributed by atoms with E-state index in [2.05, 4.69) is 17.1 Å². The second-order valence-corrected chi connectivity index (χ2v) is 6.91. The molecule has 1 atom stereocenters. The number of hydrogen-bond donors (Lipinski definition) is 2. The van der Waals surface area contributed by atoms with E-state index in [1.54, 1.807) is 43.5 Å². The lowest BCUT2D eigenvalue weighted by Crippen LogP contribution is -2.35. The first-order chi connectivity index (χ1) is 13.0. The molecule has 1 saturated heterocycles. The van der Waals surface area contributed by atoms with Gasteiger partial charge in [-0.3, -0.25) is 4.79 Å². The van der Waals surface area contributed by atoms with Crippen LogP contribution in [0.3, 0.4) is 0 Å². The van der Waals surface area contributed by atoms with Gasteiger partial charge in [0.1, 0.15) is 5.75 Å². The van der Waals surface area contributed by atoms with Crippen molar-refractivity contribution in [1.82, 2.24) is 0 Å². The number of nitrogens with one attached hydrogen (secondary N) is 1. The highest BCUT2D eigenvalue weighted by Gasteiger charge is 2.21. The number of rotatable bonds is 5. The van der Waals surface area contributed by atoms with Crippen LogP contribution in [0.2, 0.25) is 0 Å². The minimum Gasteiger partial charge on any atom is -0.497 e. The number of amides is 1. The van der Waals surface area contributed by atoms with Crippen LogP contribution in [0.15, 0.2) is 42.5 Å². The number of aromatic carboxylic acids is 1. The maximum absolute atomic E-state index is 12.7. The van der Waals surface area contributed by atoms with Crippen molar-refractivity contribution >= 4 is 23.3 Å². The molecule has 1 aliphatic heterocycles. The van der Waals surface area contributed by atoms with Crippen molar-refractivity contribution in [2.24, 2.45) is 5.92 Å². The number of anilines is 2. The minimum atomic E-state index is -1.02. The van der Waals surface area contributed by atoms with Gasteiger partial charge in [-0.1, -0.05) is 6.92 Å². The van der Waals surface area contributed by atoms with Crippen molar-refractivity contribution in [3.8, 4) is 5.75 Å². The average molecular weight is 368 g/mol. The number of hydrogen-bond acceptors (Lipinski definition) is 4. The van der Waals surface area contributed by atoms with E-state index in [0.717, 1.165) is 25.2 Å². The molecule has 0 saturated carbocycles. The SMILES string of the molecule is COc1ccc(C(=O)Nc2cc(C(=O)O)ccc2N2CCC[C@H](C)C2)cc1. The molecule has 2 aromatic carbocycles. The zero-order valence-electron chi connectivity index (χ0n) is 15.6. The molecule has 1 fully saturated rings. The van der Waals surface area contributed by atoms with Crippen LogP contribution in [-0.2, 0) is 0 Å². The predicted octanol–water partition coefficient (Wildman–Crippen LogP) is 3.88. The summed E-state index contributed by atoms with van der Waals surface area (Å²) < 4.78 is 5.11. The predicted molar refractivity (Wildman–Crippen MR) is 105 cm³/mol. The van der Waals surface area contributed by atoms with Crippen molar-refractivity contribution in [1.29, 1.82) is 0 Å². The smallest absolute Gasteiger partial charge is 0.335 e. The first kappa shape index (κ1) is 18.8. The summed E-state index contributed by atoms with van der Waals surface area (Å²) >= 11 is 0. The van der Waals surface area contributed by atoms with Crippen LogP contribution in [0.25, 0.3) is 0 Å². The lowest BCUT2D eigenvalue weighted by molar-refractivity contribution is 0.0696. The molecule has 0 aromatic heterocycles. The monoisotopic (exact) mass is 368 g/mol. The van der Waals surface area contributed by atoms with Gasteiger partial charge in [-0.2, -0.15) is 0 Å². The maximum atomic E-state index is 12.7. The number of carbonyl (C=O) groups excluding carboxylic acids is 1. The summed E-state index contributed by atoms with van der Waals surface area (Å²) in [5.41, 5.74) is 2.00. The van der Waals surface area contributed by atoms with Gasteiger partial charge in [-0.25, -0.2) is 4.79 Å². The summed E-state index contributed by atoms with van der Waals surface area (Å²) in [6.07, 6.45) is 2.25. The van der Waals surface area contributed by atoms with Gasteiger partial charge in [0.2, 0.25) is 0 Å². The van der Waals surface area contributed by atoms with Crippen molar-refractivity contribution < 1.29 is 19.4 Å². The Balaban J connectivity index is 1.89. The molecule has 2 N–H and O–H groups in total. The summed E-state index contributed by atoms with van der Waals surface area (Å²) in [6, 6.07) is 11.7. The molecule has 0 spiro atoms. The Morgan fingerprint density at radius 2 is 1.85 bits per heavy atom. The third kappa shape index (κ3) is 4.39. The quantitative estimate of drug-likeness (QED) is 0.837. The van der Waals surface area contributed by atoms with Gasteiger partial charge in [-0.05, 0) is 61.2 Å². The van der Waals surface area contributed by atoms with Crippen LogP contribution in [0.4, 0.5) is 11.4 Å². The molecule has 142 valence electrons. The fourth-order valence-electron chi connectivity index (χ4n) is 3.39. The Morgan fingerprint density at radius 1 is 1.15 bits per heavy atom. The molecular weight excluding hydrogens is 344 g/mol. The lowest BCUT2D eigenvalue weighted by atomic mass is 9.99. The van der Waals surface area contributed by atoms with Gasteiger partial charge in [0.05, 0.1) is 24.0 Å². The summed E-state index contributed by atoms with van der Waals surface area (Å²) in [4.78, 5) is 26.3. The van der Waals surface area contributed by atoms with Crippen molar-refractivity contribution in [2.45, 2.75) is 19.8 Å². The summed E-state index contributed by atoms with van der Waals surface area (Å²) in [7, 11) is 1.57. The third-order valence-corrected chi connectivity index (χ3v) is 4.84. The van der Waals surface area contributed by atoms with Crippen molar-refractivity contribution in [2.75, 3.05) is 30.4 Å². The van der Waals surface area contributed by atoms with Crippen molar-refractivity contribution in [3.05, 3.63) is 53.6 Å². The standard InChI is InChI=1S/C21H24N2O4/c1-14-4-3-11-23(13-14)19-10-7-16(21(25)26)12-18(19)22-20(24)15-5-8-17(27-2)9-6-15/h5-10,12,14H,3-4,11,13H2,1-2H3,(H,22,24)(H,25,26)/t14-/m0/s1. The number of carbonyl (C=O) groups is 2. The third-order valence-electron chi connectivity index (χ3n) is 4.84. The van der Waals surface area contributed by atoms with Gasteiger partial charge in [0, 0.05) is 18.7 Å². The highest BCUT2D eigenvalue weighted by molar-refractivity contribution is 6.06. The van der Waals surface area contributed by atoms with E-state index in [0.29, 0.717) is 22.9 Å². The topological polar surface area (TPSA) is 78.9 Å². The van der Waals surface area contributed by atoms with Crippen LogP contribution >= 0.6 is 0 Å². The Kier molecular flexibility index (Phi) is 5.64. The highest BCUT2D eigenvalue weighted by atomic mass is 16.5. The van der Waals surface area contributed by atoms with E-state index in [-0.39, 0.29) is 11.5 Å². The van der Waals surface area contributed by atoms with E-state index >= 15 is 0 Å². The van der Waals surface area contributed by atoms with Crippen LogP contribution in [-0.4, -0.2) is 37.2 Å². The molecule has 3 rings (SSSR count). The molecule has 2 aromatic rings. The molecule has 6 nitrogen and oxygen atoms in total. The Labute approximate surface area is 158 Å². The number of benzene rings is 2. The Bertz CT molecular complexity index is 833. The van der Waals surface area contributed by atoms with Gasteiger partial charge >= 0.3 is 5.97 Å². The Hall–Kier alpha value is -3.02. The molecule has 0 unspecified atom stereocenters. The lowest BCUT2D eigenvalue weighted by Gasteiger charge is -2.34. The maximum Gasteiger partial charge on any atom is 0.335 e. The molecule has 0 bridgehead atoms. The minimum absolute atomic E-state index is 0.147. The molecule has 0 radical (unpaired) electrons. The number of piperidine rings is 1. The largest absolute Gasteiger partial charge is 0.497 e. The number of ether oxygens (including phenoxy) is 1. The summed E-state index contributed by atoms with van der Waals surface area (Å²) in [6.45, 7) is 3.98. The second-order valence-electron chi connectivity index (χ2n) is 6.91. The number of nitrogens with zero attached hydrogens (tertiary/aromatic N) is 1. The molecular formula is C21H24N2O4. The van der Waals surface area contributed by atoms with E-state index in [9.17, 15) is 14.7 Å². The Morgan fingerprint density at radius 3 is 2.48 bits per heavy atom. The van der Waals surface area contributed by atoms with E-state index in [1.165, 1.54) is 12.5 Å². The van der Waals surface area contributed by atoms with Gasteiger partial charge in [-0.15, -0.1) is 0 Å². The average Bonchev–Trinajstić information content (AvgIpc) is 2.68. The second kappa shape index (κ2) is 8.12. The molecule has 1 aliphatic rings. The highest BCUT2D eigenvalue weighted by Crippen LogP contribution is 2.31. The fraction of sp³-hybridized carbons (Fsp3) is 0.333. The van der Waals surface area contributed by atoms with Crippen LogP contribution < -0.4 is 15.0 Å². The molecule has 0 aliphatic carbocycles. The first-order valence-corrected chi connectivity index (χ1v) is 9.05. The van der Waals surface area contributed by atoms with E-state index in [4.69, 9.17) is 4.74 Å². The van der Waals surface area contributed by atoms with Crippen molar-refractivity contribution in [3.63, 3.8) is 0 Å². The number of methoxy groups -OCH3 is 1. The van der Waals surface area contributed by atoms with E-state index in [1.807, 2.05) is 0 Å². The summed E-state index contributed by atoms with van der Waals surface area (Å²) in [5, 5.41) is 12.2. The van der Waals surface area contributed by atoms with Crippen LogP contribution in [0.1, 0.15) is 40.5 Å². The van der Waals surface area contributed by atoms with Crippen LogP contribution in [0.5, 0.6) is 5.75 Å². The summed E-state index contributed by atoms with van der Waals surface area (Å²) in [5.74, 6) is -0.0783. The number of carboxylic acid groups (broad SMARTS) is 1. The normalized spacial score (nSPS) is 16.7. The van der Waals surface area contributed by atoms with E-state index < -0.39 is 5.97 Å². The number of carboxylic acids is 1. The first-order valence-electron chi connectivity index (χ1n) is 9.05. The fourth-order valence-corrected chi connectivity index (χ4v) is 3.39. The zero-order valence-corrected chi connectivity index (χ0v) is 15.6. The molecule has 1 amide bonds.